The number of rotatable bonds is 6. The summed E-state index contributed by atoms with van der Waals surface area (Å²) >= 11 is 0. The third-order valence-corrected chi connectivity index (χ3v) is 6.91. The van der Waals surface area contributed by atoms with Gasteiger partial charge in [-0.15, -0.1) is 0 Å². The lowest BCUT2D eigenvalue weighted by Gasteiger charge is -2.33. The number of ether oxygens (including phenoxy) is 2. The van der Waals surface area contributed by atoms with Crippen molar-refractivity contribution >= 4 is 12.3 Å². The quantitative estimate of drug-likeness (QED) is 0.212. The van der Waals surface area contributed by atoms with Gasteiger partial charge in [0.15, 0.2) is 12.3 Å². The zero-order chi connectivity index (χ0) is 25.5. The Balaban J connectivity index is 1.24. The normalized spacial score (nSPS) is 18.2. The number of benzene rings is 1. The first-order valence-electron chi connectivity index (χ1n) is 13.2. The maximum Gasteiger partial charge on any atom is 0.410 e. The molecular weight excluding hydrogens is 454 g/mol. The van der Waals surface area contributed by atoms with Crippen LogP contribution in [0.4, 0.5) is 4.79 Å². The summed E-state index contributed by atoms with van der Waals surface area (Å²) in [7, 11) is 0. The molecule has 0 spiro atoms. The molecule has 1 saturated carbocycles. The van der Waals surface area contributed by atoms with Crippen LogP contribution in [0, 0.1) is 11.1 Å². The lowest BCUT2D eigenvalue weighted by Crippen LogP contribution is -2.42. The van der Waals surface area contributed by atoms with E-state index in [-0.39, 0.29) is 12.1 Å². The molecule has 0 unspecified atom stereocenters. The van der Waals surface area contributed by atoms with Crippen molar-refractivity contribution in [2.24, 2.45) is 5.92 Å². The number of hydroxylamine groups is 1. The fraction of sp³-hybridized carbons (Fsp3) is 0.552. The van der Waals surface area contributed by atoms with E-state index in [1.54, 1.807) is 17.3 Å². The number of piperidine rings is 1. The van der Waals surface area contributed by atoms with Gasteiger partial charge in [-0.05, 0) is 76.6 Å². The number of likely N-dealkylation sites (tertiary alicyclic amines) is 1. The Bertz CT molecular complexity index is 1010. The number of hydrogen-bond acceptors (Lipinski definition) is 5. The minimum absolute atomic E-state index is 0.116. The average molecular weight is 494 g/mol. The second kappa shape index (κ2) is 11.8. The molecule has 0 atom stereocenters. The van der Waals surface area contributed by atoms with Crippen molar-refractivity contribution in [1.82, 2.24) is 9.88 Å². The maximum absolute atomic E-state index is 12.4. The van der Waals surface area contributed by atoms with Crippen LogP contribution in [0.2, 0.25) is 0 Å². The molecule has 194 valence electrons. The van der Waals surface area contributed by atoms with Gasteiger partial charge < -0.3 is 19.6 Å². The molecule has 36 heavy (non-hydrogen) atoms. The molecular formula is C29H39N3O4. The summed E-state index contributed by atoms with van der Waals surface area (Å²) in [5, 5.41) is 12.4. The SMILES string of the molecule is CC(C)(C)OC(=O)N1CCC(COc2ccc(-c3ccc(/C=[N+](\[O-])C4CCCCC4)cc3)nc2)CC1. The smallest absolute Gasteiger partial charge is 0.410 e. The summed E-state index contributed by atoms with van der Waals surface area (Å²) in [6, 6.07) is 12.0. The van der Waals surface area contributed by atoms with Gasteiger partial charge in [-0.3, -0.25) is 4.98 Å². The molecule has 1 amide bonds. The van der Waals surface area contributed by atoms with Crippen LogP contribution in [-0.2, 0) is 4.74 Å². The predicted octanol–water partition coefficient (Wildman–Crippen LogP) is 6.04. The number of amides is 1. The van der Waals surface area contributed by atoms with Crippen LogP contribution in [0.15, 0.2) is 42.6 Å². The minimum Gasteiger partial charge on any atom is -0.624 e. The van der Waals surface area contributed by atoms with Crippen LogP contribution in [0.25, 0.3) is 11.3 Å². The highest BCUT2D eigenvalue weighted by Crippen LogP contribution is 2.24. The van der Waals surface area contributed by atoms with E-state index in [1.165, 1.54) is 6.42 Å². The Morgan fingerprint density at radius 3 is 2.36 bits per heavy atom. The lowest BCUT2D eigenvalue weighted by molar-refractivity contribution is -0.500. The van der Waals surface area contributed by atoms with Crippen molar-refractivity contribution in [1.29, 1.82) is 0 Å². The fourth-order valence-corrected chi connectivity index (χ4v) is 4.79. The standard InChI is InChI=1S/C29H39N3O4/c1-29(2,3)36-28(33)31-17-15-23(16-18-31)21-35-26-13-14-27(30-19-26)24-11-9-22(10-12-24)20-32(34)25-7-5-4-6-8-25/h9-14,19-20,23,25H,4-8,15-18,21H2,1-3H3/b32-20-. The molecule has 7 nitrogen and oxygen atoms in total. The van der Waals surface area contributed by atoms with Crippen LogP contribution in [0.5, 0.6) is 5.75 Å². The van der Waals surface area contributed by atoms with Crippen molar-refractivity contribution in [2.75, 3.05) is 19.7 Å². The Morgan fingerprint density at radius 2 is 1.75 bits per heavy atom. The molecule has 1 aliphatic carbocycles. The molecule has 1 aliphatic heterocycles. The summed E-state index contributed by atoms with van der Waals surface area (Å²) in [6.07, 6.45) is 10.5. The van der Waals surface area contributed by atoms with Crippen molar-refractivity contribution < 1.29 is 19.0 Å². The first-order valence-corrected chi connectivity index (χ1v) is 13.2. The predicted molar refractivity (Wildman–Crippen MR) is 141 cm³/mol. The Labute approximate surface area is 214 Å². The summed E-state index contributed by atoms with van der Waals surface area (Å²) in [6.45, 7) is 7.66. The number of aromatic nitrogens is 1. The van der Waals surface area contributed by atoms with Crippen LogP contribution < -0.4 is 4.74 Å². The lowest BCUT2D eigenvalue weighted by atomic mass is 9.96. The molecule has 1 aromatic carbocycles. The second-order valence-electron chi connectivity index (χ2n) is 11.0. The number of carbonyl (C=O) groups excluding carboxylic acids is 1. The van der Waals surface area contributed by atoms with Gasteiger partial charge in [-0.2, -0.15) is 0 Å². The van der Waals surface area contributed by atoms with Crippen molar-refractivity contribution in [3.05, 3.63) is 53.4 Å². The summed E-state index contributed by atoms with van der Waals surface area (Å²) in [5.74, 6) is 1.15. The topological polar surface area (TPSA) is 77.7 Å². The molecule has 0 radical (unpaired) electrons. The van der Waals surface area contributed by atoms with Crippen LogP contribution in [0.1, 0.15) is 71.3 Å². The fourth-order valence-electron chi connectivity index (χ4n) is 4.79. The van der Waals surface area contributed by atoms with E-state index >= 15 is 0 Å². The zero-order valence-electron chi connectivity index (χ0n) is 21.8. The third kappa shape index (κ3) is 7.45. The molecule has 1 saturated heterocycles. The van der Waals surface area contributed by atoms with Crippen molar-refractivity contribution in [2.45, 2.75) is 77.4 Å². The van der Waals surface area contributed by atoms with Gasteiger partial charge in [0.1, 0.15) is 11.4 Å². The van der Waals surface area contributed by atoms with Crippen LogP contribution >= 0.6 is 0 Å². The third-order valence-electron chi connectivity index (χ3n) is 6.91. The molecule has 7 heteroatoms. The van der Waals surface area contributed by atoms with E-state index in [9.17, 15) is 10.0 Å². The molecule has 1 aromatic heterocycles. The van der Waals surface area contributed by atoms with Crippen LogP contribution in [0.3, 0.4) is 0 Å². The van der Waals surface area contributed by atoms with Gasteiger partial charge in [-0.1, -0.05) is 18.6 Å². The summed E-state index contributed by atoms with van der Waals surface area (Å²) in [5.41, 5.74) is 2.31. The molecule has 2 aromatic rings. The first kappa shape index (κ1) is 26.0. The highest BCUT2D eigenvalue weighted by molar-refractivity contribution is 5.77. The first-order chi connectivity index (χ1) is 17.3. The van der Waals surface area contributed by atoms with E-state index in [0.717, 1.165) is 65.8 Å². The molecule has 2 heterocycles. The second-order valence-corrected chi connectivity index (χ2v) is 11.0. The number of pyridine rings is 1. The van der Waals surface area contributed by atoms with Crippen molar-refractivity contribution in [3.8, 4) is 17.0 Å². The monoisotopic (exact) mass is 493 g/mol. The maximum atomic E-state index is 12.4. The van der Waals surface area contributed by atoms with Gasteiger partial charge in [0.25, 0.3) is 0 Å². The summed E-state index contributed by atoms with van der Waals surface area (Å²) in [4.78, 5) is 18.6. The Morgan fingerprint density at radius 1 is 1.06 bits per heavy atom. The largest absolute Gasteiger partial charge is 0.624 e. The average Bonchev–Trinajstić information content (AvgIpc) is 2.88. The summed E-state index contributed by atoms with van der Waals surface area (Å²) < 4.78 is 12.6. The highest BCUT2D eigenvalue weighted by Gasteiger charge is 2.27. The molecule has 2 fully saturated rings. The van der Waals surface area contributed by atoms with Gasteiger partial charge in [-0.25, -0.2) is 9.53 Å². The zero-order valence-corrected chi connectivity index (χ0v) is 21.8. The van der Waals surface area contributed by atoms with Crippen molar-refractivity contribution in [3.63, 3.8) is 0 Å². The number of nitrogens with zero attached hydrogens (tertiary/aromatic N) is 3. The number of hydrogen-bond donors (Lipinski definition) is 0. The molecule has 0 N–H and O–H groups in total. The van der Waals surface area contributed by atoms with E-state index in [0.29, 0.717) is 25.6 Å². The van der Waals surface area contributed by atoms with E-state index in [4.69, 9.17) is 9.47 Å². The molecule has 0 bridgehead atoms. The number of carbonyl (C=O) groups is 1. The van der Waals surface area contributed by atoms with E-state index < -0.39 is 5.60 Å². The van der Waals surface area contributed by atoms with E-state index in [1.807, 2.05) is 57.2 Å². The Hall–Kier alpha value is -3.09. The van der Waals surface area contributed by atoms with E-state index in [2.05, 4.69) is 4.98 Å². The van der Waals surface area contributed by atoms with Gasteiger partial charge in [0.05, 0.1) is 18.5 Å². The van der Waals surface area contributed by atoms with Gasteiger partial charge in [0, 0.05) is 37.1 Å². The van der Waals surface area contributed by atoms with Crippen LogP contribution in [-0.4, -0.2) is 58.3 Å². The Kier molecular flexibility index (Phi) is 8.49. The van der Waals surface area contributed by atoms with Gasteiger partial charge >= 0.3 is 6.09 Å². The molecule has 4 rings (SSSR count). The molecule has 2 aliphatic rings. The minimum atomic E-state index is -0.469. The van der Waals surface area contributed by atoms with Gasteiger partial charge in [0.2, 0.25) is 0 Å². The highest BCUT2D eigenvalue weighted by atomic mass is 16.6.